The van der Waals surface area contributed by atoms with Crippen LogP contribution < -0.4 is 9.62 Å². The van der Waals surface area contributed by atoms with Crippen molar-refractivity contribution < 1.29 is 8.42 Å². The monoisotopic (exact) mass is 321 g/mol. The number of anilines is 1. The van der Waals surface area contributed by atoms with E-state index in [1.54, 1.807) is 18.5 Å². The van der Waals surface area contributed by atoms with Gasteiger partial charge in [-0.3, -0.25) is 0 Å². The van der Waals surface area contributed by atoms with E-state index < -0.39 is 10.0 Å². The summed E-state index contributed by atoms with van der Waals surface area (Å²) in [5, 5.41) is 4.20. The normalized spacial score (nSPS) is 19.3. The van der Waals surface area contributed by atoms with E-state index in [2.05, 4.69) is 19.7 Å². The van der Waals surface area contributed by atoms with Gasteiger partial charge in [-0.25, -0.2) is 22.8 Å². The number of hydrogen-bond acceptors (Lipinski definition) is 5. The molecular weight excluding hydrogens is 302 g/mol. The molecule has 0 aliphatic carbocycles. The van der Waals surface area contributed by atoms with Crippen molar-refractivity contribution in [2.45, 2.75) is 23.8 Å². The maximum absolute atomic E-state index is 12.2. The third-order valence-corrected chi connectivity index (χ3v) is 5.43. The first kappa shape index (κ1) is 15.0. The van der Waals surface area contributed by atoms with Gasteiger partial charge in [0.25, 0.3) is 0 Å². The van der Waals surface area contributed by atoms with Crippen molar-refractivity contribution in [3.63, 3.8) is 0 Å². The fourth-order valence-electron chi connectivity index (χ4n) is 2.85. The van der Waals surface area contributed by atoms with Gasteiger partial charge in [0.1, 0.15) is 17.6 Å². The molecule has 8 heteroatoms. The highest BCUT2D eigenvalue weighted by molar-refractivity contribution is 7.89. The fourth-order valence-corrected chi connectivity index (χ4v) is 3.80. The largest absolute Gasteiger partial charge is 0.368 e. The maximum Gasteiger partial charge on any atom is 0.242 e. The van der Waals surface area contributed by atoms with Gasteiger partial charge in [0.2, 0.25) is 10.0 Å². The Morgan fingerprint density at radius 1 is 1.32 bits per heavy atom. The Bertz CT molecular complexity index is 729. The van der Waals surface area contributed by atoms with E-state index in [-0.39, 0.29) is 6.04 Å². The molecule has 2 heterocycles. The molecule has 1 saturated heterocycles. The molecule has 1 fully saturated rings. The van der Waals surface area contributed by atoms with Crippen LogP contribution in [0.25, 0.3) is 0 Å². The van der Waals surface area contributed by atoms with Crippen molar-refractivity contribution in [2.75, 3.05) is 25.0 Å². The average Bonchev–Trinajstić information content (AvgIpc) is 3.09. The predicted octanol–water partition coefficient (Wildman–Crippen LogP) is 1.03. The SMILES string of the molecule is CNS(=O)(=O)c1ccccc1N1CCCC(n2cncn2)C1. The van der Waals surface area contributed by atoms with Crippen LogP contribution in [-0.2, 0) is 10.0 Å². The molecule has 1 unspecified atom stereocenters. The summed E-state index contributed by atoms with van der Waals surface area (Å²) in [5.74, 6) is 0. The van der Waals surface area contributed by atoms with Gasteiger partial charge in [-0.15, -0.1) is 0 Å². The summed E-state index contributed by atoms with van der Waals surface area (Å²) in [4.78, 5) is 6.42. The fraction of sp³-hybridized carbons (Fsp3) is 0.429. The lowest BCUT2D eigenvalue weighted by Crippen LogP contribution is -2.38. The molecule has 1 aliphatic heterocycles. The Balaban J connectivity index is 1.91. The Morgan fingerprint density at radius 3 is 2.86 bits per heavy atom. The number of piperidine rings is 1. The zero-order valence-corrected chi connectivity index (χ0v) is 13.2. The average molecular weight is 321 g/mol. The second kappa shape index (κ2) is 6.05. The van der Waals surface area contributed by atoms with Crippen molar-refractivity contribution in [2.24, 2.45) is 0 Å². The minimum atomic E-state index is -3.48. The molecular formula is C14H19N5O2S. The smallest absolute Gasteiger partial charge is 0.242 e. The summed E-state index contributed by atoms with van der Waals surface area (Å²) in [7, 11) is -2.04. The molecule has 1 atom stereocenters. The molecule has 118 valence electrons. The van der Waals surface area contributed by atoms with Crippen molar-refractivity contribution in [3.8, 4) is 0 Å². The van der Waals surface area contributed by atoms with Crippen LogP contribution in [0.4, 0.5) is 5.69 Å². The Labute approximate surface area is 130 Å². The molecule has 0 radical (unpaired) electrons. The first-order valence-corrected chi connectivity index (χ1v) is 8.72. The number of hydrogen-bond donors (Lipinski definition) is 1. The van der Waals surface area contributed by atoms with E-state index in [4.69, 9.17) is 0 Å². The number of benzene rings is 1. The van der Waals surface area contributed by atoms with E-state index in [0.717, 1.165) is 31.6 Å². The highest BCUT2D eigenvalue weighted by atomic mass is 32.2. The topological polar surface area (TPSA) is 80.1 Å². The van der Waals surface area contributed by atoms with Crippen LogP contribution >= 0.6 is 0 Å². The number of sulfonamides is 1. The Hall–Kier alpha value is -1.93. The minimum Gasteiger partial charge on any atom is -0.368 e. The van der Waals surface area contributed by atoms with Gasteiger partial charge >= 0.3 is 0 Å². The summed E-state index contributed by atoms with van der Waals surface area (Å²) < 4.78 is 28.7. The molecule has 3 rings (SSSR count). The van der Waals surface area contributed by atoms with Gasteiger partial charge in [-0.2, -0.15) is 5.10 Å². The lowest BCUT2D eigenvalue weighted by atomic mass is 10.1. The lowest BCUT2D eigenvalue weighted by molar-refractivity contribution is 0.374. The quantitative estimate of drug-likeness (QED) is 0.910. The van der Waals surface area contributed by atoms with Crippen LogP contribution in [0.1, 0.15) is 18.9 Å². The predicted molar refractivity (Wildman–Crippen MR) is 83.2 cm³/mol. The molecule has 1 aromatic heterocycles. The van der Waals surface area contributed by atoms with Gasteiger partial charge in [0.05, 0.1) is 11.7 Å². The summed E-state index contributed by atoms with van der Waals surface area (Å²) in [6.07, 6.45) is 5.24. The number of nitrogens with zero attached hydrogens (tertiary/aromatic N) is 4. The molecule has 1 N–H and O–H groups in total. The van der Waals surface area contributed by atoms with Crippen molar-refractivity contribution in [3.05, 3.63) is 36.9 Å². The highest BCUT2D eigenvalue weighted by Crippen LogP contribution is 2.30. The summed E-state index contributed by atoms with van der Waals surface area (Å²) in [6.45, 7) is 1.56. The van der Waals surface area contributed by atoms with Crippen molar-refractivity contribution in [1.82, 2.24) is 19.5 Å². The van der Waals surface area contributed by atoms with Crippen LogP contribution in [0.2, 0.25) is 0 Å². The molecule has 2 aromatic rings. The Morgan fingerprint density at radius 2 is 2.14 bits per heavy atom. The third-order valence-electron chi connectivity index (χ3n) is 3.97. The van der Waals surface area contributed by atoms with Crippen LogP contribution in [0.5, 0.6) is 0 Å². The summed E-state index contributed by atoms with van der Waals surface area (Å²) in [5.41, 5.74) is 0.738. The van der Waals surface area contributed by atoms with E-state index in [9.17, 15) is 8.42 Å². The van der Waals surface area contributed by atoms with Crippen LogP contribution in [0, 0.1) is 0 Å². The summed E-state index contributed by atoms with van der Waals surface area (Å²) in [6, 6.07) is 7.31. The van der Waals surface area contributed by atoms with Crippen LogP contribution in [0.3, 0.4) is 0 Å². The standard InChI is InChI=1S/C14H19N5O2S/c1-15-22(20,21)14-7-3-2-6-13(14)18-8-4-5-12(9-18)19-11-16-10-17-19/h2-3,6-7,10-12,15H,4-5,8-9H2,1H3. The molecule has 0 saturated carbocycles. The highest BCUT2D eigenvalue weighted by Gasteiger charge is 2.26. The zero-order chi connectivity index (χ0) is 15.6. The van der Waals surface area contributed by atoms with Crippen molar-refractivity contribution in [1.29, 1.82) is 0 Å². The number of nitrogens with one attached hydrogen (secondary N) is 1. The van der Waals surface area contributed by atoms with Crippen molar-refractivity contribution >= 4 is 15.7 Å². The molecule has 22 heavy (non-hydrogen) atoms. The van der Waals surface area contributed by atoms with E-state index in [1.807, 2.05) is 16.8 Å². The minimum absolute atomic E-state index is 0.210. The van der Waals surface area contributed by atoms with E-state index in [0.29, 0.717) is 4.90 Å². The van der Waals surface area contributed by atoms with Gasteiger partial charge in [-0.05, 0) is 32.0 Å². The first-order chi connectivity index (χ1) is 10.6. The number of para-hydroxylation sites is 1. The molecule has 0 spiro atoms. The molecule has 1 aromatic carbocycles. The van der Waals surface area contributed by atoms with Gasteiger partial charge in [-0.1, -0.05) is 12.1 Å². The summed E-state index contributed by atoms with van der Waals surface area (Å²) >= 11 is 0. The molecule has 0 bridgehead atoms. The lowest BCUT2D eigenvalue weighted by Gasteiger charge is -2.35. The van der Waals surface area contributed by atoms with Gasteiger partial charge < -0.3 is 4.90 Å². The van der Waals surface area contributed by atoms with Gasteiger partial charge in [0.15, 0.2) is 0 Å². The first-order valence-electron chi connectivity index (χ1n) is 7.23. The Kier molecular flexibility index (Phi) is 4.12. The van der Waals surface area contributed by atoms with Crippen LogP contribution in [-0.4, -0.2) is 43.3 Å². The second-order valence-corrected chi connectivity index (χ2v) is 7.15. The second-order valence-electron chi connectivity index (χ2n) is 5.29. The molecule has 0 amide bonds. The number of rotatable bonds is 4. The molecule has 7 nitrogen and oxygen atoms in total. The van der Waals surface area contributed by atoms with E-state index in [1.165, 1.54) is 13.4 Å². The zero-order valence-electron chi connectivity index (χ0n) is 12.4. The maximum atomic E-state index is 12.2. The van der Waals surface area contributed by atoms with E-state index >= 15 is 0 Å². The van der Waals surface area contributed by atoms with Crippen LogP contribution in [0.15, 0.2) is 41.8 Å². The molecule has 1 aliphatic rings. The van der Waals surface area contributed by atoms with Gasteiger partial charge in [0, 0.05) is 13.1 Å². The number of aromatic nitrogens is 3. The third kappa shape index (κ3) is 2.84.